The minimum Gasteiger partial charge on any atom is -0.381 e. The van der Waals surface area contributed by atoms with Crippen LogP contribution in [0.4, 0.5) is 4.39 Å². The van der Waals surface area contributed by atoms with Gasteiger partial charge in [0.2, 0.25) is 5.95 Å². The number of rotatable bonds is 7. The highest BCUT2D eigenvalue weighted by Gasteiger charge is 2.20. The number of nitrogens with zero attached hydrogens (tertiary/aromatic N) is 1. The molecule has 4 nitrogen and oxygen atoms in total. The minimum atomic E-state index is -0.583. The van der Waals surface area contributed by atoms with Gasteiger partial charge in [-0.2, -0.15) is 4.39 Å². The molecule has 1 aliphatic rings. The Morgan fingerprint density at radius 3 is 3.00 bits per heavy atom. The van der Waals surface area contributed by atoms with Crippen LogP contribution >= 0.6 is 0 Å². The van der Waals surface area contributed by atoms with Crippen LogP contribution in [0.3, 0.4) is 0 Å². The van der Waals surface area contributed by atoms with Gasteiger partial charge in [0.15, 0.2) is 0 Å². The molecule has 5 heteroatoms. The lowest BCUT2D eigenvalue weighted by atomic mass is 10.2. The van der Waals surface area contributed by atoms with Crippen LogP contribution in [0.25, 0.3) is 0 Å². The summed E-state index contributed by atoms with van der Waals surface area (Å²) in [7, 11) is 0. The normalized spacial score (nSPS) is 14.5. The second-order valence-corrected chi connectivity index (χ2v) is 4.50. The van der Waals surface area contributed by atoms with Crippen molar-refractivity contribution in [2.24, 2.45) is 5.92 Å². The van der Waals surface area contributed by atoms with Crippen molar-refractivity contribution in [1.29, 1.82) is 0 Å². The topological polar surface area (TPSA) is 51.2 Å². The van der Waals surface area contributed by atoms with Crippen molar-refractivity contribution in [3.8, 4) is 0 Å². The Labute approximate surface area is 106 Å². The van der Waals surface area contributed by atoms with E-state index in [4.69, 9.17) is 4.74 Å². The van der Waals surface area contributed by atoms with Gasteiger partial charge >= 0.3 is 0 Å². The van der Waals surface area contributed by atoms with Gasteiger partial charge in [0.1, 0.15) is 0 Å². The fourth-order valence-corrected chi connectivity index (χ4v) is 1.52. The van der Waals surface area contributed by atoms with Crippen molar-refractivity contribution in [2.45, 2.75) is 19.3 Å². The zero-order valence-electron chi connectivity index (χ0n) is 10.2. The maximum atomic E-state index is 12.6. The van der Waals surface area contributed by atoms with Crippen LogP contribution in [0, 0.1) is 11.9 Å². The van der Waals surface area contributed by atoms with Crippen LogP contribution in [0.15, 0.2) is 18.3 Å². The van der Waals surface area contributed by atoms with Crippen LogP contribution in [-0.4, -0.2) is 30.6 Å². The van der Waals surface area contributed by atoms with E-state index in [0.29, 0.717) is 18.7 Å². The fourth-order valence-electron chi connectivity index (χ4n) is 1.52. The van der Waals surface area contributed by atoms with E-state index < -0.39 is 5.95 Å². The lowest BCUT2D eigenvalue weighted by molar-refractivity contribution is 0.0937. The van der Waals surface area contributed by atoms with E-state index in [2.05, 4.69) is 10.3 Å². The number of pyridine rings is 1. The average Bonchev–Trinajstić information content (AvgIpc) is 3.18. The lowest BCUT2D eigenvalue weighted by Crippen LogP contribution is -2.25. The third-order valence-corrected chi connectivity index (χ3v) is 2.79. The number of hydrogen-bond acceptors (Lipinski definition) is 3. The van der Waals surface area contributed by atoms with Gasteiger partial charge in [-0.25, -0.2) is 4.98 Å². The Bertz CT molecular complexity index is 390. The molecule has 0 aliphatic heterocycles. The molecule has 2 rings (SSSR count). The van der Waals surface area contributed by atoms with Crippen molar-refractivity contribution >= 4 is 5.91 Å². The molecule has 1 fully saturated rings. The zero-order valence-corrected chi connectivity index (χ0v) is 10.2. The highest BCUT2D eigenvalue weighted by atomic mass is 19.1. The summed E-state index contributed by atoms with van der Waals surface area (Å²) in [5.41, 5.74) is 0.371. The fraction of sp³-hybridized carbons (Fsp3) is 0.538. The van der Waals surface area contributed by atoms with Gasteiger partial charge in [-0.3, -0.25) is 4.79 Å². The van der Waals surface area contributed by atoms with Crippen LogP contribution < -0.4 is 5.32 Å². The lowest BCUT2D eigenvalue weighted by Gasteiger charge is -2.05. The summed E-state index contributed by atoms with van der Waals surface area (Å²) in [6, 6.07) is 2.59. The molecule has 1 aliphatic carbocycles. The predicted molar refractivity (Wildman–Crippen MR) is 64.7 cm³/mol. The molecule has 18 heavy (non-hydrogen) atoms. The van der Waals surface area contributed by atoms with Crippen molar-refractivity contribution in [3.63, 3.8) is 0 Å². The first-order chi connectivity index (χ1) is 8.75. The third kappa shape index (κ3) is 4.41. The second kappa shape index (κ2) is 6.44. The quantitative estimate of drug-likeness (QED) is 0.594. The Morgan fingerprint density at radius 1 is 1.50 bits per heavy atom. The molecule has 1 aromatic rings. The highest BCUT2D eigenvalue weighted by Crippen LogP contribution is 2.28. The molecule has 1 amide bonds. The number of halogens is 1. The van der Waals surface area contributed by atoms with Crippen LogP contribution in [0.1, 0.15) is 29.6 Å². The Balaban J connectivity index is 1.57. The van der Waals surface area contributed by atoms with E-state index >= 15 is 0 Å². The standard InChI is InChI=1S/C13H17FN2O2/c14-12-5-4-11(8-16-12)13(17)15-6-1-7-18-9-10-2-3-10/h4-5,8,10H,1-3,6-7,9H2,(H,15,17). The Hall–Kier alpha value is -1.49. The molecule has 1 saturated carbocycles. The predicted octanol–water partition coefficient (Wildman–Crippen LogP) is 1.77. The SMILES string of the molecule is O=C(NCCCOCC1CC1)c1ccc(F)nc1. The monoisotopic (exact) mass is 252 g/mol. The van der Waals surface area contributed by atoms with Crippen LogP contribution in [0.2, 0.25) is 0 Å². The first kappa shape index (κ1) is 13.0. The summed E-state index contributed by atoms with van der Waals surface area (Å²) in [5, 5.41) is 2.74. The van der Waals surface area contributed by atoms with Gasteiger partial charge in [0.25, 0.3) is 5.91 Å². The van der Waals surface area contributed by atoms with Gasteiger partial charge in [0, 0.05) is 26.0 Å². The molecule has 1 heterocycles. The first-order valence-corrected chi connectivity index (χ1v) is 6.23. The zero-order chi connectivity index (χ0) is 12.8. The van der Waals surface area contributed by atoms with E-state index in [0.717, 1.165) is 18.9 Å². The molecular formula is C13H17FN2O2. The molecule has 1 aromatic heterocycles. The maximum Gasteiger partial charge on any atom is 0.252 e. The molecule has 0 bridgehead atoms. The Kier molecular flexibility index (Phi) is 4.64. The molecule has 0 atom stereocenters. The van der Waals surface area contributed by atoms with E-state index in [1.54, 1.807) is 0 Å². The smallest absolute Gasteiger partial charge is 0.252 e. The van der Waals surface area contributed by atoms with Crippen molar-refractivity contribution in [3.05, 3.63) is 29.8 Å². The largest absolute Gasteiger partial charge is 0.381 e. The average molecular weight is 252 g/mol. The van der Waals surface area contributed by atoms with E-state index in [1.165, 1.54) is 31.2 Å². The number of nitrogens with one attached hydrogen (secondary N) is 1. The number of carbonyl (C=O) groups excluding carboxylic acids is 1. The summed E-state index contributed by atoms with van der Waals surface area (Å²) >= 11 is 0. The molecule has 1 N–H and O–H groups in total. The van der Waals surface area contributed by atoms with Gasteiger partial charge in [-0.1, -0.05) is 0 Å². The van der Waals surface area contributed by atoms with Gasteiger partial charge in [-0.05, 0) is 37.3 Å². The van der Waals surface area contributed by atoms with Crippen molar-refractivity contribution in [2.75, 3.05) is 19.8 Å². The summed E-state index contributed by atoms with van der Waals surface area (Å²) in [6.45, 7) is 2.06. The van der Waals surface area contributed by atoms with Crippen LogP contribution in [-0.2, 0) is 4.74 Å². The molecule has 0 spiro atoms. The summed E-state index contributed by atoms with van der Waals surface area (Å²) in [4.78, 5) is 15.0. The minimum absolute atomic E-state index is 0.232. The molecule has 0 saturated heterocycles. The summed E-state index contributed by atoms with van der Waals surface area (Å²) < 4.78 is 18.0. The number of amides is 1. The van der Waals surface area contributed by atoms with Gasteiger partial charge in [-0.15, -0.1) is 0 Å². The second-order valence-electron chi connectivity index (χ2n) is 4.50. The number of aromatic nitrogens is 1. The van der Waals surface area contributed by atoms with Crippen molar-refractivity contribution < 1.29 is 13.9 Å². The number of carbonyl (C=O) groups is 1. The first-order valence-electron chi connectivity index (χ1n) is 6.23. The number of ether oxygens (including phenoxy) is 1. The van der Waals surface area contributed by atoms with Gasteiger partial charge < -0.3 is 10.1 Å². The Morgan fingerprint density at radius 2 is 2.33 bits per heavy atom. The number of hydrogen-bond donors (Lipinski definition) is 1. The molecular weight excluding hydrogens is 235 g/mol. The van der Waals surface area contributed by atoms with Crippen molar-refractivity contribution in [1.82, 2.24) is 10.3 Å². The van der Waals surface area contributed by atoms with E-state index in [-0.39, 0.29) is 5.91 Å². The highest BCUT2D eigenvalue weighted by molar-refractivity contribution is 5.93. The van der Waals surface area contributed by atoms with Gasteiger partial charge in [0.05, 0.1) is 5.56 Å². The summed E-state index contributed by atoms with van der Waals surface area (Å²) in [6.07, 6.45) is 4.59. The molecule has 98 valence electrons. The van der Waals surface area contributed by atoms with Crippen LogP contribution in [0.5, 0.6) is 0 Å². The van der Waals surface area contributed by atoms with E-state index in [9.17, 15) is 9.18 Å². The van der Waals surface area contributed by atoms with E-state index in [1.807, 2.05) is 0 Å². The molecule has 0 aromatic carbocycles. The maximum absolute atomic E-state index is 12.6. The third-order valence-electron chi connectivity index (χ3n) is 2.79. The molecule has 0 unspecified atom stereocenters. The summed E-state index contributed by atoms with van der Waals surface area (Å²) in [5.74, 6) is -0.0467. The molecule has 0 radical (unpaired) electrons.